The highest BCUT2D eigenvalue weighted by Crippen LogP contribution is 2.26. The van der Waals surface area contributed by atoms with Gasteiger partial charge >= 0.3 is 5.97 Å². The Kier molecular flexibility index (Phi) is 5.25. The maximum atomic E-state index is 10.4. The smallest absolute Gasteiger partial charge is 0.341 e. The van der Waals surface area contributed by atoms with Crippen molar-refractivity contribution in [3.63, 3.8) is 0 Å². The van der Waals surface area contributed by atoms with Crippen LogP contribution in [0.4, 0.5) is 5.69 Å². The van der Waals surface area contributed by atoms with Crippen LogP contribution in [-0.2, 0) is 4.79 Å². The standard InChI is InChI=1S/C15H12ClNO3S/c16-11-7-10(5-6-13(11)20-9-15(18)19)8-17-12-3-1-2-4-14(12)21/h1-8,21H,9H2,(H,18,19). The van der Waals surface area contributed by atoms with Crippen LogP contribution in [0.1, 0.15) is 5.56 Å². The van der Waals surface area contributed by atoms with Gasteiger partial charge in [-0.05, 0) is 35.9 Å². The van der Waals surface area contributed by atoms with E-state index in [2.05, 4.69) is 17.6 Å². The maximum absolute atomic E-state index is 10.4. The summed E-state index contributed by atoms with van der Waals surface area (Å²) in [7, 11) is 0. The third-order valence-electron chi connectivity index (χ3n) is 2.54. The molecule has 0 amide bonds. The molecule has 1 N–H and O–H groups in total. The first-order valence-electron chi connectivity index (χ1n) is 6.02. The van der Waals surface area contributed by atoms with E-state index in [-0.39, 0.29) is 0 Å². The number of halogens is 1. The summed E-state index contributed by atoms with van der Waals surface area (Å²) in [6.07, 6.45) is 1.65. The molecule has 6 heteroatoms. The molecule has 0 aliphatic heterocycles. The summed E-state index contributed by atoms with van der Waals surface area (Å²) in [6, 6.07) is 12.5. The van der Waals surface area contributed by atoms with Gasteiger partial charge in [0, 0.05) is 11.1 Å². The molecular weight excluding hydrogens is 310 g/mol. The molecule has 0 saturated heterocycles. The number of carbonyl (C=O) groups is 1. The Morgan fingerprint density at radius 2 is 2.10 bits per heavy atom. The Morgan fingerprint density at radius 3 is 2.76 bits per heavy atom. The lowest BCUT2D eigenvalue weighted by Crippen LogP contribution is -2.09. The monoisotopic (exact) mass is 321 g/mol. The number of nitrogens with zero attached hydrogens (tertiary/aromatic N) is 1. The van der Waals surface area contributed by atoms with Crippen molar-refractivity contribution in [3.05, 3.63) is 53.1 Å². The SMILES string of the molecule is O=C(O)COc1ccc(C=Nc2ccccc2S)cc1Cl. The second kappa shape index (κ2) is 7.15. The van der Waals surface area contributed by atoms with Crippen molar-refractivity contribution >= 4 is 42.1 Å². The first kappa shape index (κ1) is 15.4. The fourth-order valence-electron chi connectivity index (χ4n) is 1.57. The highest BCUT2D eigenvalue weighted by molar-refractivity contribution is 7.80. The third kappa shape index (κ3) is 4.51. The van der Waals surface area contributed by atoms with Crippen LogP contribution in [0.3, 0.4) is 0 Å². The summed E-state index contributed by atoms with van der Waals surface area (Å²) in [4.78, 5) is 15.6. The number of aliphatic imine (C=N–C) groups is 1. The summed E-state index contributed by atoms with van der Waals surface area (Å²) in [5, 5.41) is 8.89. The van der Waals surface area contributed by atoms with Crippen molar-refractivity contribution in [2.45, 2.75) is 4.90 Å². The molecule has 4 nitrogen and oxygen atoms in total. The van der Waals surface area contributed by atoms with Crippen LogP contribution in [0.25, 0.3) is 0 Å². The van der Waals surface area contributed by atoms with Crippen molar-refractivity contribution in [2.75, 3.05) is 6.61 Å². The number of carboxylic acid groups (broad SMARTS) is 1. The minimum absolute atomic E-state index is 0.325. The summed E-state index contributed by atoms with van der Waals surface area (Å²) in [5.74, 6) is -0.729. The van der Waals surface area contributed by atoms with Gasteiger partial charge in [-0.2, -0.15) is 0 Å². The number of hydrogen-bond acceptors (Lipinski definition) is 4. The maximum Gasteiger partial charge on any atom is 0.341 e. The molecule has 0 aromatic heterocycles. The Morgan fingerprint density at radius 1 is 1.33 bits per heavy atom. The topological polar surface area (TPSA) is 58.9 Å². The fraction of sp³-hybridized carbons (Fsp3) is 0.0667. The molecule has 2 aromatic carbocycles. The van der Waals surface area contributed by atoms with E-state index >= 15 is 0 Å². The molecule has 0 atom stereocenters. The van der Waals surface area contributed by atoms with E-state index in [1.165, 1.54) is 0 Å². The second-order valence-corrected chi connectivity index (χ2v) is 5.01. The predicted octanol–water partition coefficient (Wildman–Crippen LogP) is 3.84. The van der Waals surface area contributed by atoms with Gasteiger partial charge in [-0.3, -0.25) is 4.99 Å². The lowest BCUT2D eigenvalue weighted by Gasteiger charge is -2.06. The molecule has 0 aliphatic rings. The van der Waals surface area contributed by atoms with Crippen LogP contribution in [-0.4, -0.2) is 23.9 Å². The first-order chi connectivity index (χ1) is 10.1. The number of carboxylic acids is 1. The van der Waals surface area contributed by atoms with Crippen molar-refractivity contribution in [3.8, 4) is 5.75 Å². The predicted molar refractivity (Wildman–Crippen MR) is 85.5 cm³/mol. The van der Waals surface area contributed by atoms with E-state index < -0.39 is 12.6 Å². The van der Waals surface area contributed by atoms with E-state index in [0.29, 0.717) is 10.8 Å². The summed E-state index contributed by atoms with van der Waals surface area (Å²) in [5.41, 5.74) is 1.53. The van der Waals surface area contributed by atoms with Gasteiger partial charge in [-0.25, -0.2) is 4.79 Å². The fourth-order valence-corrected chi connectivity index (χ4v) is 2.03. The molecule has 108 valence electrons. The van der Waals surface area contributed by atoms with Crippen molar-refractivity contribution < 1.29 is 14.6 Å². The van der Waals surface area contributed by atoms with E-state index in [0.717, 1.165) is 16.1 Å². The van der Waals surface area contributed by atoms with Crippen molar-refractivity contribution in [2.24, 2.45) is 4.99 Å². The minimum Gasteiger partial charge on any atom is -0.480 e. The van der Waals surface area contributed by atoms with Gasteiger partial charge in [0.25, 0.3) is 0 Å². The largest absolute Gasteiger partial charge is 0.480 e. The lowest BCUT2D eigenvalue weighted by atomic mass is 10.2. The number of rotatable bonds is 5. The number of ether oxygens (including phenoxy) is 1. The minimum atomic E-state index is -1.05. The van der Waals surface area contributed by atoms with E-state index in [1.54, 1.807) is 24.4 Å². The molecule has 0 unspecified atom stereocenters. The average Bonchev–Trinajstić information content (AvgIpc) is 2.45. The molecular formula is C15H12ClNO3S. The van der Waals surface area contributed by atoms with Gasteiger partial charge in [0.1, 0.15) is 5.75 Å². The molecule has 0 saturated carbocycles. The Bertz CT molecular complexity index is 688. The first-order valence-corrected chi connectivity index (χ1v) is 6.85. The Balaban J connectivity index is 2.13. The highest BCUT2D eigenvalue weighted by Gasteiger charge is 2.05. The van der Waals surface area contributed by atoms with Crippen LogP contribution >= 0.6 is 24.2 Å². The van der Waals surface area contributed by atoms with Crippen LogP contribution in [0, 0.1) is 0 Å². The summed E-state index contributed by atoms with van der Waals surface area (Å²) >= 11 is 10.3. The number of hydrogen-bond donors (Lipinski definition) is 2. The summed E-state index contributed by atoms with van der Waals surface area (Å²) in [6.45, 7) is -0.430. The lowest BCUT2D eigenvalue weighted by molar-refractivity contribution is -0.139. The van der Waals surface area contributed by atoms with Gasteiger partial charge in [-0.15, -0.1) is 12.6 Å². The van der Waals surface area contributed by atoms with Gasteiger partial charge in [0.2, 0.25) is 0 Å². The molecule has 0 bridgehead atoms. The van der Waals surface area contributed by atoms with Crippen LogP contribution in [0.2, 0.25) is 5.02 Å². The number of benzene rings is 2. The Labute approximate surface area is 132 Å². The van der Waals surface area contributed by atoms with Crippen LogP contribution in [0.5, 0.6) is 5.75 Å². The summed E-state index contributed by atoms with van der Waals surface area (Å²) < 4.78 is 5.05. The second-order valence-electron chi connectivity index (χ2n) is 4.12. The Hall–Kier alpha value is -1.98. The normalized spacial score (nSPS) is 10.8. The van der Waals surface area contributed by atoms with Crippen LogP contribution in [0.15, 0.2) is 52.4 Å². The van der Waals surface area contributed by atoms with Crippen molar-refractivity contribution in [1.82, 2.24) is 0 Å². The third-order valence-corrected chi connectivity index (χ3v) is 3.22. The molecule has 0 fully saturated rings. The molecule has 0 spiro atoms. The zero-order valence-corrected chi connectivity index (χ0v) is 12.5. The quantitative estimate of drug-likeness (QED) is 0.649. The number of aliphatic carboxylic acids is 1. The van der Waals surface area contributed by atoms with Crippen molar-refractivity contribution in [1.29, 1.82) is 0 Å². The van der Waals surface area contributed by atoms with Gasteiger partial charge < -0.3 is 9.84 Å². The highest BCUT2D eigenvalue weighted by atomic mass is 35.5. The van der Waals surface area contributed by atoms with Gasteiger partial charge in [0.15, 0.2) is 6.61 Å². The molecule has 0 heterocycles. The number of para-hydroxylation sites is 1. The van der Waals surface area contributed by atoms with Crippen LogP contribution < -0.4 is 4.74 Å². The van der Waals surface area contributed by atoms with Gasteiger partial charge in [-0.1, -0.05) is 23.7 Å². The van der Waals surface area contributed by atoms with E-state index in [4.69, 9.17) is 21.4 Å². The molecule has 0 radical (unpaired) electrons. The molecule has 0 aliphatic carbocycles. The zero-order chi connectivity index (χ0) is 15.2. The van der Waals surface area contributed by atoms with E-state index in [9.17, 15) is 4.79 Å². The average molecular weight is 322 g/mol. The van der Waals surface area contributed by atoms with E-state index in [1.807, 2.05) is 24.3 Å². The molecule has 2 aromatic rings. The van der Waals surface area contributed by atoms with Gasteiger partial charge in [0.05, 0.1) is 10.7 Å². The molecule has 2 rings (SSSR count). The zero-order valence-electron chi connectivity index (χ0n) is 10.9. The number of thiol groups is 1. The molecule has 21 heavy (non-hydrogen) atoms.